The Kier molecular flexibility index (Phi) is 2.83. The first-order valence-electron chi connectivity index (χ1n) is 7.40. The van der Waals surface area contributed by atoms with Crippen molar-refractivity contribution in [2.24, 2.45) is 16.7 Å². The summed E-state index contributed by atoms with van der Waals surface area (Å²) in [5.74, 6) is 0.418. The Morgan fingerprint density at radius 2 is 1.86 bits per heavy atom. The van der Waals surface area contributed by atoms with Crippen LogP contribution in [0.5, 0.6) is 0 Å². The molecule has 21 heavy (non-hydrogen) atoms. The van der Waals surface area contributed by atoms with Crippen molar-refractivity contribution in [3.05, 3.63) is 5.53 Å². The van der Waals surface area contributed by atoms with Crippen LogP contribution in [0, 0.1) is 16.7 Å². The highest BCUT2D eigenvalue weighted by molar-refractivity contribution is 6.28. The van der Waals surface area contributed by atoms with E-state index in [-0.39, 0.29) is 22.7 Å². The van der Waals surface area contributed by atoms with E-state index >= 15 is 0 Å². The number of ether oxygens (including phenoxy) is 1. The van der Waals surface area contributed by atoms with Crippen molar-refractivity contribution < 1.29 is 19.1 Å². The van der Waals surface area contributed by atoms with E-state index in [1.165, 1.54) is 0 Å². The van der Waals surface area contributed by atoms with Crippen LogP contribution in [0.3, 0.4) is 0 Å². The number of ketones is 1. The smallest absolute Gasteiger partial charge is 0.410 e. The third-order valence-electron chi connectivity index (χ3n) is 5.17. The normalized spacial score (nSPS) is 34.0. The molecule has 3 saturated carbocycles. The van der Waals surface area contributed by atoms with Crippen molar-refractivity contribution in [2.45, 2.75) is 45.6 Å². The monoisotopic (exact) mass is 291 g/mol. The Balaban J connectivity index is 1.49. The van der Waals surface area contributed by atoms with Crippen LogP contribution < -0.4 is 0 Å². The molecule has 6 nitrogen and oxygen atoms in total. The molecule has 1 heterocycles. The third-order valence-corrected chi connectivity index (χ3v) is 5.17. The zero-order valence-electron chi connectivity index (χ0n) is 12.8. The van der Waals surface area contributed by atoms with Crippen molar-refractivity contribution >= 4 is 18.1 Å². The minimum atomic E-state index is -0.460. The summed E-state index contributed by atoms with van der Waals surface area (Å²) in [6, 6.07) is 0. The molecule has 4 fully saturated rings. The fourth-order valence-electron chi connectivity index (χ4n) is 4.09. The van der Waals surface area contributed by atoms with Crippen molar-refractivity contribution in [3.63, 3.8) is 0 Å². The molecule has 0 unspecified atom stereocenters. The van der Waals surface area contributed by atoms with Gasteiger partial charge in [0.1, 0.15) is 5.60 Å². The Morgan fingerprint density at radius 1 is 1.29 bits per heavy atom. The minimum Gasteiger partial charge on any atom is -0.444 e. The maximum Gasteiger partial charge on any atom is 0.410 e. The van der Waals surface area contributed by atoms with E-state index in [4.69, 9.17) is 10.3 Å². The fraction of sp³-hybridized carbons (Fsp3) is 0.800. The number of hydrogen-bond donors (Lipinski definition) is 0. The minimum absolute atomic E-state index is 0.0600. The summed E-state index contributed by atoms with van der Waals surface area (Å²) in [6.45, 7) is 7.05. The van der Waals surface area contributed by atoms with Crippen molar-refractivity contribution in [1.82, 2.24) is 4.90 Å². The number of nitrogens with zero attached hydrogens (tertiary/aromatic N) is 3. The highest BCUT2D eigenvalue weighted by Crippen LogP contribution is 2.77. The van der Waals surface area contributed by atoms with Gasteiger partial charge in [-0.2, -0.15) is 4.79 Å². The molecule has 0 atom stereocenters. The summed E-state index contributed by atoms with van der Waals surface area (Å²) in [6.07, 6.45) is 3.40. The zero-order valence-corrected chi connectivity index (χ0v) is 12.8. The number of likely N-dealkylation sites (tertiary alicyclic amines) is 1. The average molecular weight is 291 g/mol. The van der Waals surface area contributed by atoms with Crippen LogP contribution in [-0.4, -0.2) is 46.5 Å². The molecule has 0 aromatic heterocycles. The van der Waals surface area contributed by atoms with Gasteiger partial charge in [-0.1, -0.05) is 0 Å². The lowest BCUT2D eigenvalue weighted by Gasteiger charge is -2.73. The third kappa shape index (κ3) is 2.09. The number of carbonyl (C=O) groups is 2. The molecule has 0 N–H and O–H groups in total. The maximum atomic E-state index is 11.9. The predicted octanol–water partition coefficient (Wildman–Crippen LogP) is 1.89. The summed E-state index contributed by atoms with van der Waals surface area (Å²) in [4.78, 5) is 28.3. The van der Waals surface area contributed by atoms with Gasteiger partial charge >= 0.3 is 12.3 Å². The van der Waals surface area contributed by atoms with Gasteiger partial charge in [-0.3, -0.25) is 4.79 Å². The topological polar surface area (TPSA) is 83.0 Å². The number of rotatable bonds is 3. The Hall–Kier alpha value is -1.68. The van der Waals surface area contributed by atoms with Gasteiger partial charge in [0.2, 0.25) is 5.78 Å². The van der Waals surface area contributed by atoms with Crippen LogP contribution in [0.4, 0.5) is 4.79 Å². The quantitative estimate of drug-likeness (QED) is 0.452. The predicted molar refractivity (Wildman–Crippen MR) is 74.7 cm³/mol. The number of Topliss-reactive ketones (excluding diaryl/α,β-unsaturated/α-hetero) is 1. The number of carbonyl (C=O) groups excluding carboxylic acids is 2. The molecule has 2 bridgehead atoms. The standard InChI is InChI=1S/C15H21N3O3/c1-13(2,3)21-12(20)18-5-10(6-18)14-7-15(8-14,9-14)11(19)4-17-16/h4,10H,5-9H2,1-3H3. The summed E-state index contributed by atoms with van der Waals surface area (Å²) < 4.78 is 5.34. The van der Waals surface area contributed by atoms with E-state index < -0.39 is 5.60 Å². The van der Waals surface area contributed by atoms with E-state index in [1.807, 2.05) is 20.8 Å². The molecule has 4 aliphatic rings. The molecule has 4 rings (SSSR count). The van der Waals surface area contributed by atoms with Gasteiger partial charge in [0.25, 0.3) is 0 Å². The Labute approximate surface area is 124 Å². The fourth-order valence-corrected chi connectivity index (χ4v) is 4.09. The second-order valence-electron chi connectivity index (χ2n) is 7.86. The van der Waals surface area contributed by atoms with Gasteiger partial charge < -0.3 is 15.2 Å². The van der Waals surface area contributed by atoms with Gasteiger partial charge in [-0.15, -0.1) is 0 Å². The first-order valence-corrected chi connectivity index (χ1v) is 7.40. The van der Waals surface area contributed by atoms with Crippen LogP contribution in [0.25, 0.3) is 5.53 Å². The SMILES string of the molecule is CC(C)(C)OC(=O)N1CC(C23CC(C(=O)C=[N+]=[N-])(C2)C3)C1. The molecule has 114 valence electrons. The summed E-state index contributed by atoms with van der Waals surface area (Å²) in [7, 11) is 0. The van der Waals surface area contributed by atoms with Crippen molar-refractivity contribution in [1.29, 1.82) is 0 Å². The van der Waals surface area contributed by atoms with Crippen LogP contribution in [0.1, 0.15) is 40.0 Å². The first kappa shape index (κ1) is 14.3. The van der Waals surface area contributed by atoms with Gasteiger partial charge in [-0.05, 0) is 45.4 Å². The maximum absolute atomic E-state index is 11.9. The van der Waals surface area contributed by atoms with Gasteiger partial charge in [0.05, 0.1) is 0 Å². The molecule has 0 aromatic rings. The molecule has 1 aliphatic heterocycles. The lowest BCUT2D eigenvalue weighted by atomic mass is 9.30. The lowest BCUT2D eigenvalue weighted by Crippen LogP contribution is -2.73. The van der Waals surface area contributed by atoms with E-state index in [9.17, 15) is 9.59 Å². The van der Waals surface area contributed by atoms with E-state index in [2.05, 4.69) is 4.79 Å². The highest BCUT2D eigenvalue weighted by Gasteiger charge is 2.74. The molecule has 1 saturated heterocycles. The molecule has 0 aromatic carbocycles. The van der Waals surface area contributed by atoms with Crippen molar-refractivity contribution in [3.8, 4) is 0 Å². The second-order valence-corrected chi connectivity index (χ2v) is 7.86. The average Bonchev–Trinajstić information content (AvgIpc) is 2.14. The van der Waals surface area contributed by atoms with E-state index in [0.29, 0.717) is 5.92 Å². The van der Waals surface area contributed by atoms with E-state index in [1.54, 1.807) is 4.90 Å². The molecule has 3 aliphatic carbocycles. The largest absolute Gasteiger partial charge is 0.444 e. The molecule has 0 spiro atoms. The molecule has 1 amide bonds. The van der Waals surface area contributed by atoms with E-state index in [0.717, 1.165) is 38.6 Å². The van der Waals surface area contributed by atoms with Gasteiger partial charge in [0, 0.05) is 24.4 Å². The van der Waals surface area contributed by atoms with Gasteiger partial charge in [-0.25, -0.2) is 4.79 Å². The molecule has 6 heteroatoms. The second kappa shape index (κ2) is 4.17. The Bertz CT molecular complexity index is 531. The number of amides is 1. The summed E-state index contributed by atoms with van der Waals surface area (Å²) in [5.41, 5.74) is 7.96. The Morgan fingerprint density at radius 3 is 2.33 bits per heavy atom. The summed E-state index contributed by atoms with van der Waals surface area (Å²) in [5, 5.41) is 0. The summed E-state index contributed by atoms with van der Waals surface area (Å²) >= 11 is 0. The molecular weight excluding hydrogens is 270 g/mol. The van der Waals surface area contributed by atoms with Crippen LogP contribution in [0.15, 0.2) is 0 Å². The van der Waals surface area contributed by atoms with Crippen LogP contribution in [-0.2, 0) is 9.53 Å². The van der Waals surface area contributed by atoms with Crippen LogP contribution >= 0.6 is 0 Å². The number of hydrogen-bond acceptors (Lipinski definition) is 3. The first-order chi connectivity index (χ1) is 9.70. The zero-order chi connectivity index (χ0) is 15.5. The highest BCUT2D eigenvalue weighted by atomic mass is 16.6. The molecule has 0 radical (unpaired) electrons. The lowest BCUT2D eigenvalue weighted by molar-refractivity contribution is -0.242. The molecular formula is C15H21N3O3. The van der Waals surface area contributed by atoms with Gasteiger partial charge in [0.15, 0.2) is 0 Å². The van der Waals surface area contributed by atoms with Crippen molar-refractivity contribution in [2.75, 3.05) is 13.1 Å². The van der Waals surface area contributed by atoms with Crippen LogP contribution in [0.2, 0.25) is 0 Å².